The lowest BCUT2D eigenvalue weighted by Crippen LogP contribution is -2.75. The summed E-state index contributed by atoms with van der Waals surface area (Å²) >= 11 is 0. The Hall–Kier alpha value is -8.07. The van der Waals surface area contributed by atoms with E-state index in [1.807, 2.05) is 36.5 Å². The molecule has 0 radical (unpaired) electrons. The number of aromatic nitrogens is 1. The van der Waals surface area contributed by atoms with Gasteiger partial charge in [0.15, 0.2) is 12.7 Å². The SMILES string of the molecule is FC(F)(F)c1cc([B-](c2cc(C(F)(F)F)cc(C(F)(F)F)c2)(c2cc(C(F)(F)F)cc(C(F)(F)F)c2)c2cc(C(F)(F)F)cc(C(F)(F)F)c2)cc(C(F)(F)F)c1.Oc1ccc(Oc2c3ccccc3cc[n+]2Cc2ccccc2)cc1. The number of phenols is 1. The molecule has 82 heavy (non-hydrogen) atoms. The maximum absolute atomic E-state index is 14.2. The Morgan fingerprint density at radius 2 is 0.634 bits per heavy atom. The van der Waals surface area contributed by atoms with Gasteiger partial charge in [-0.1, -0.05) is 97.1 Å². The molecule has 3 nitrogen and oxygen atoms in total. The van der Waals surface area contributed by atoms with E-state index < -0.39 is 195 Å². The first-order valence-corrected chi connectivity index (χ1v) is 22.8. The fraction of sp³-hybridized carbons (Fsp3) is 0.167. The number of ether oxygens (including phenoxy) is 1. The van der Waals surface area contributed by atoms with Crippen LogP contribution in [0.2, 0.25) is 0 Å². The summed E-state index contributed by atoms with van der Waals surface area (Å²) in [4.78, 5) is 0. The van der Waals surface area contributed by atoms with Crippen molar-refractivity contribution in [2.75, 3.05) is 0 Å². The number of alkyl halides is 24. The number of halogens is 24. The molecule has 8 aromatic rings. The van der Waals surface area contributed by atoms with Crippen molar-refractivity contribution in [1.29, 1.82) is 0 Å². The molecule has 1 N–H and O–H groups in total. The third kappa shape index (κ3) is 13.8. The molecule has 434 valence electrons. The van der Waals surface area contributed by atoms with Gasteiger partial charge in [0, 0.05) is 11.6 Å². The molecule has 0 saturated carbocycles. The second-order valence-corrected chi connectivity index (χ2v) is 18.1. The number of fused-ring (bicyclic) bond motifs is 1. The van der Waals surface area contributed by atoms with Gasteiger partial charge in [0.05, 0.1) is 49.9 Å². The molecule has 8 rings (SSSR count). The highest BCUT2D eigenvalue weighted by molar-refractivity contribution is 7.20. The number of aromatic hydroxyl groups is 1. The number of pyridine rings is 1. The van der Waals surface area contributed by atoms with Crippen molar-refractivity contribution in [3.63, 3.8) is 0 Å². The molecule has 28 heteroatoms. The Balaban J connectivity index is 0.000000318. The van der Waals surface area contributed by atoms with Crippen LogP contribution >= 0.6 is 0 Å². The zero-order valence-corrected chi connectivity index (χ0v) is 40.2. The summed E-state index contributed by atoms with van der Waals surface area (Å²) in [6.07, 6.45) is -52.8. The summed E-state index contributed by atoms with van der Waals surface area (Å²) in [6.45, 7) is 0.721. The smallest absolute Gasteiger partial charge is 0.416 e. The van der Waals surface area contributed by atoms with Gasteiger partial charge < -0.3 is 9.84 Å². The zero-order valence-electron chi connectivity index (χ0n) is 40.2. The Bertz CT molecular complexity index is 3160. The van der Waals surface area contributed by atoms with E-state index in [1.165, 1.54) is 5.56 Å². The molecule has 7 aromatic carbocycles. The molecule has 0 aliphatic rings. The Morgan fingerprint density at radius 3 is 0.939 bits per heavy atom. The van der Waals surface area contributed by atoms with Crippen LogP contribution in [0.3, 0.4) is 0 Å². The van der Waals surface area contributed by atoms with Gasteiger partial charge in [-0.2, -0.15) is 132 Å². The summed E-state index contributed by atoms with van der Waals surface area (Å²) in [5, 5.41) is 11.7. The minimum Gasteiger partial charge on any atom is -0.508 e. The highest BCUT2D eigenvalue weighted by Crippen LogP contribution is 2.42. The number of hydrogen-bond donors (Lipinski definition) is 1. The van der Waals surface area contributed by atoms with E-state index in [4.69, 9.17) is 4.74 Å². The number of nitrogens with zero attached hydrogens (tertiary/aromatic N) is 1. The average molecular weight is 1190 g/mol. The van der Waals surface area contributed by atoms with Crippen LogP contribution in [-0.4, -0.2) is 11.3 Å². The van der Waals surface area contributed by atoms with Crippen molar-refractivity contribution in [2.45, 2.75) is 56.0 Å². The van der Waals surface area contributed by atoms with E-state index in [1.54, 1.807) is 24.3 Å². The largest absolute Gasteiger partial charge is 0.508 e. The predicted molar refractivity (Wildman–Crippen MR) is 248 cm³/mol. The van der Waals surface area contributed by atoms with Crippen LogP contribution in [-0.2, 0) is 56.0 Å². The first-order chi connectivity index (χ1) is 37.6. The zero-order chi connectivity index (χ0) is 61.0. The molecule has 0 unspecified atom stereocenters. The Morgan fingerprint density at radius 1 is 0.341 bits per heavy atom. The summed E-state index contributed by atoms with van der Waals surface area (Å²) < 4.78 is 349. The Labute approximate surface area is 445 Å². The van der Waals surface area contributed by atoms with Gasteiger partial charge in [-0.3, -0.25) is 0 Å². The van der Waals surface area contributed by atoms with Gasteiger partial charge in [0.1, 0.15) is 17.6 Å². The standard InChI is InChI=1S/C32H12BF24.C22H17NO2/c34-25(35,36)13-1-14(26(37,38)39)6-21(5-13)33(22-7-15(27(40,41)42)2-16(8-22)28(43,44)45,23-9-17(29(46,47)48)3-18(10-23)30(49,50)51)24-11-19(31(52,53)54)4-20(12-24)32(55,56)57;24-19-10-12-20(13-11-19)25-22-21-9-5-4-8-18(21)14-15-23(22)16-17-6-2-1-3-7-17/h1-12H;1-15H,16H2/q-1;/p+1. The monoisotopic (exact) mass is 1190 g/mol. The van der Waals surface area contributed by atoms with Crippen molar-refractivity contribution in [3.05, 3.63) is 214 Å². The maximum atomic E-state index is 14.2. The van der Waals surface area contributed by atoms with Crippen molar-refractivity contribution in [1.82, 2.24) is 0 Å². The molecule has 0 atom stereocenters. The molecule has 0 amide bonds. The first-order valence-electron chi connectivity index (χ1n) is 22.8. The predicted octanol–water partition coefficient (Wildman–Crippen LogP) is 15.9. The molecular formula is C54H30BF24NO2. The number of benzene rings is 7. The Kier molecular flexibility index (Phi) is 16.3. The van der Waals surface area contributed by atoms with Crippen LogP contribution in [0.25, 0.3) is 10.8 Å². The van der Waals surface area contributed by atoms with Crippen LogP contribution in [0.15, 0.2) is 164 Å². The molecule has 0 bridgehead atoms. The molecule has 1 heterocycles. The van der Waals surface area contributed by atoms with E-state index in [0.717, 1.165) is 23.2 Å². The van der Waals surface area contributed by atoms with Gasteiger partial charge >= 0.3 is 55.3 Å². The van der Waals surface area contributed by atoms with Crippen molar-refractivity contribution < 1.29 is 120 Å². The van der Waals surface area contributed by atoms with Crippen LogP contribution in [0.4, 0.5) is 105 Å². The van der Waals surface area contributed by atoms with Crippen LogP contribution in [0.5, 0.6) is 17.4 Å². The molecule has 0 spiro atoms. The summed E-state index contributed by atoms with van der Waals surface area (Å²) in [5.74, 6) is 1.70. The minimum absolute atomic E-state index is 0.224. The van der Waals surface area contributed by atoms with E-state index in [2.05, 4.69) is 34.9 Å². The van der Waals surface area contributed by atoms with Crippen molar-refractivity contribution in [3.8, 4) is 17.4 Å². The van der Waals surface area contributed by atoms with Gasteiger partial charge in [0.25, 0.3) is 0 Å². The van der Waals surface area contributed by atoms with E-state index in [9.17, 15) is 110 Å². The highest BCUT2D eigenvalue weighted by atomic mass is 19.4. The van der Waals surface area contributed by atoms with Crippen molar-refractivity contribution in [2.24, 2.45) is 0 Å². The molecule has 0 aliphatic heterocycles. The van der Waals surface area contributed by atoms with E-state index in [0.29, 0.717) is 5.75 Å². The summed E-state index contributed by atoms with van der Waals surface area (Å²) in [6, 6.07) is 18.6. The fourth-order valence-electron chi connectivity index (χ4n) is 8.94. The summed E-state index contributed by atoms with van der Waals surface area (Å²) in [7, 11) is 0. The number of hydrogen-bond acceptors (Lipinski definition) is 2. The van der Waals surface area contributed by atoms with Crippen LogP contribution < -0.4 is 31.2 Å². The third-order valence-electron chi connectivity index (χ3n) is 12.6. The summed E-state index contributed by atoms with van der Waals surface area (Å²) in [5.41, 5.74) is -29.0. The molecular weight excluding hydrogens is 1160 g/mol. The normalized spacial score (nSPS) is 13.2. The lowest BCUT2D eigenvalue weighted by Gasteiger charge is -2.46. The molecule has 0 saturated heterocycles. The second kappa shape index (κ2) is 21.7. The van der Waals surface area contributed by atoms with Gasteiger partial charge in [-0.05, 0) is 60.0 Å². The van der Waals surface area contributed by atoms with Gasteiger partial charge in [-0.25, -0.2) is 0 Å². The quantitative estimate of drug-likeness (QED) is 0.0934. The number of rotatable bonds is 8. The van der Waals surface area contributed by atoms with E-state index >= 15 is 0 Å². The van der Waals surface area contributed by atoms with Crippen molar-refractivity contribution >= 4 is 38.8 Å². The van der Waals surface area contributed by atoms with Gasteiger partial charge in [-0.15, -0.1) is 0 Å². The molecule has 0 fully saturated rings. The van der Waals surface area contributed by atoms with Crippen LogP contribution in [0.1, 0.15) is 50.1 Å². The molecule has 0 aliphatic carbocycles. The lowest BCUT2D eigenvalue weighted by atomic mass is 9.12. The first kappa shape index (κ1) is 61.6. The average Bonchev–Trinajstić information content (AvgIpc) is 1.07. The minimum atomic E-state index is -6.13. The maximum Gasteiger partial charge on any atom is 0.416 e. The van der Waals surface area contributed by atoms with Gasteiger partial charge in [0.2, 0.25) is 0 Å². The molecule has 1 aromatic heterocycles. The highest BCUT2D eigenvalue weighted by Gasteiger charge is 2.47. The topological polar surface area (TPSA) is 33.3 Å². The van der Waals surface area contributed by atoms with E-state index in [-0.39, 0.29) is 5.75 Å². The lowest BCUT2D eigenvalue weighted by molar-refractivity contribution is -0.691. The van der Waals surface area contributed by atoms with Crippen LogP contribution in [0, 0.1) is 0 Å². The second-order valence-electron chi connectivity index (χ2n) is 18.1. The third-order valence-corrected chi connectivity index (χ3v) is 12.6. The number of phenolic OH excluding ortho intramolecular Hbond substituents is 1. The fourth-order valence-corrected chi connectivity index (χ4v) is 8.94.